The third-order valence-corrected chi connectivity index (χ3v) is 4.84. The van der Waals surface area contributed by atoms with Crippen LogP contribution < -0.4 is 0 Å². The Labute approximate surface area is 132 Å². The van der Waals surface area contributed by atoms with Crippen molar-refractivity contribution < 1.29 is 0 Å². The highest BCUT2D eigenvalue weighted by Crippen LogP contribution is 2.58. The summed E-state index contributed by atoms with van der Waals surface area (Å²) in [5, 5.41) is 0. The largest absolute Gasteiger partial charge is 0.308 e. The number of rotatable bonds is 3. The van der Waals surface area contributed by atoms with Crippen molar-refractivity contribution in [3.05, 3.63) is 70.8 Å². The lowest BCUT2D eigenvalue weighted by atomic mass is 9.95. The molecule has 0 radical (unpaired) electrons. The summed E-state index contributed by atoms with van der Waals surface area (Å²) in [6.07, 6.45) is 1.29. The molecule has 1 fully saturated rings. The quantitative estimate of drug-likeness (QED) is 0.842. The minimum absolute atomic E-state index is 0.693. The van der Waals surface area contributed by atoms with E-state index in [1.807, 2.05) is 0 Å². The highest BCUT2D eigenvalue weighted by molar-refractivity contribution is 6.15. The number of nitrogens with zero attached hydrogens (tertiary/aromatic N) is 2. The number of hydrogen-bond acceptors (Lipinski definition) is 2. The van der Waals surface area contributed by atoms with Gasteiger partial charge in [-0.3, -0.25) is 4.99 Å². The van der Waals surface area contributed by atoms with Gasteiger partial charge in [-0.05, 0) is 43.5 Å². The molecule has 2 aromatic rings. The Kier molecular flexibility index (Phi) is 3.34. The molecule has 2 atom stereocenters. The van der Waals surface area contributed by atoms with Gasteiger partial charge in [0.25, 0.3) is 0 Å². The first kappa shape index (κ1) is 13.7. The standard InChI is InChI=1S/C20H22N2/c1-22(2)12-11-21-20-16-9-5-3-7-14(16)18-13-19(18)15-8-4-6-10-17(15)20/h3-10,18-19H,11-13H2,1-2H3. The van der Waals surface area contributed by atoms with Gasteiger partial charge in [-0.2, -0.15) is 0 Å². The molecule has 0 N–H and O–H groups in total. The lowest BCUT2D eigenvalue weighted by Crippen LogP contribution is -2.17. The Bertz CT molecular complexity index is 676. The van der Waals surface area contributed by atoms with Crippen molar-refractivity contribution in [1.29, 1.82) is 0 Å². The van der Waals surface area contributed by atoms with Crippen molar-refractivity contribution in [2.75, 3.05) is 27.2 Å². The number of fused-ring (bicyclic) bond motifs is 5. The van der Waals surface area contributed by atoms with Crippen LogP contribution in [0.4, 0.5) is 0 Å². The second-order valence-corrected chi connectivity index (χ2v) is 6.66. The van der Waals surface area contributed by atoms with Crippen molar-refractivity contribution in [2.45, 2.75) is 18.3 Å². The molecule has 2 nitrogen and oxygen atoms in total. The van der Waals surface area contributed by atoms with Crippen LogP contribution in [-0.4, -0.2) is 37.8 Å². The third-order valence-electron chi connectivity index (χ3n) is 4.84. The molecule has 0 aliphatic heterocycles. The molecule has 2 heteroatoms. The third kappa shape index (κ3) is 2.28. The van der Waals surface area contributed by atoms with E-state index in [-0.39, 0.29) is 0 Å². The summed E-state index contributed by atoms with van der Waals surface area (Å²) in [5.41, 5.74) is 6.87. The molecular formula is C20H22N2. The second kappa shape index (κ2) is 5.36. The van der Waals surface area contributed by atoms with Crippen LogP contribution in [0.25, 0.3) is 0 Å². The highest BCUT2D eigenvalue weighted by atomic mass is 15.1. The fourth-order valence-corrected chi connectivity index (χ4v) is 3.63. The molecule has 0 saturated heterocycles. The van der Waals surface area contributed by atoms with Crippen LogP contribution in [0.2, 0.25) is 0 Å². The first-order valence-corrected chi connectivity index (χ1v) is 8.13. The molecular weight excluding hydrogens is 268 g/mol. The number of aliphatic imine (C=N–C) groups is 1. The lowest BCUT2D eigenvalue weighted by molar-refractivity contribution is 0.420. The van der Waals surface area contributed by atoms with Crippen LogP contribution in [0.15, 0.2) is 53.5 Å². The maximum absolute atomic E-state index is 5.00. The predicted molar refractivity (Wildman–Crippen MR) is 92.0 cm³/mol. The maximum Gasteiger partial charge on any atom is 0.0725 e. The summed E-state index contributed by atoms with van der Waals surface area (Å²) in [5.74, 6) is 1.39. The van der Waals surface area contributed by atoms with Crippen molar-refractivity contribution in [3.63, 3.8) is 0 Å². The summed E-state index contributed by atoms with van der Waals surface area (Å²) < 4.78 is 0. The van der Waals surface area contributed by atoms with Gasteiger partial charge in [-0.1, -0.05) is 48.5 Å². The van der Waals surface area contributed by atoms with E-state index < -0.39 is 0 Å². The van der Waals surface area contributed by atoms with Crippen LogP contribution in [-0.2, 0) is 0 Å². The Morgan fingerprint density at radius 1 is 0.909 bits per heavy atom. The van der Waals surface area contributed by atoms with E-state index in [2.05, 4.69) is 67.5 Å². The molecule has 4 rings (SSSR count). The highest BCUT2D eigenvalue weighted by Gasteiger charge is 2.44. The van der Waals surface area contributed by atoms with Gasteiger partial charge in [0, 0.05) is 17.7 Å². The van der Waals surface area contributed by atoms with Gasteiger partial charge >= 0.3 is 0 Å². The predicted octanol–water partition coefficient (Wildman–Crippen LogP) is 3.67. The van der Waals surface area contributed by atoms with Crippen molar-refractivity contribution >= 4 is 5.71 Å². The topological polar surface area (TPSA) is 15.6 Å². The molecule has 2 aliphatic carbocycles. The fraction of sp³-hybridized carbons (Fsp3) is 0.350. The van der Waals surface area contributed by atoms with E-state index in [9.17, 15) is 0 Å². The molecule has 2 unspecified atom stereocenters. The van der Waals surface area contributed by atoms with E-state index in [0.717, 1.165) is 13.1 Å². The Morgan fingerprint density at radius 2 is 1.45 bits per heavy atom. The van der Waals surface area contributed by atoms with Gasteiger partial charge in [0.15, 0.2) is 0 Å². The zero-order chi connectivity index (χ0) is 15.1. The average molecular weight is 290 g/mol. The van der Waals surface area contributed by atoms with Crippen LogP contribution in [0.3, 0.4) is 0 Å². The molecule has 0 heterocycles. The summed E-state index contributed by atoms with van der Waals surface area (Å²) in [4.78, 5) is 7.19. The van der Waals surface area contributed by atoms with Gasteiger partial charge in [0.05, 0.1) is 12.3 Å². The summed E-state index contributed by atoms with van der Waals surface area (Å²) in [7, 11) is 4.20. The van der Waals surface area contributed by atoms with Gasteiger partial charge in [0.1, 0.15) is 0 Å². The van der Waals surface area contributed by atoms with E-state index >= 15 is 0 Å². The number of likely N-dealkylation sites (N-methyl/N-ethyl adjacent to an activating group) is 1. The van der Waals surface area contributed by atoms with Crippen molar-refractivity contribution in [2.24, 2.45) is 4.99 Å². The van der Waals surface area contributed by atoms with E-state index in [0.29, 0.717) is 11.8 Å². The first-order chi connectivity index (χ1) is 10.8. The Morgan fingerprint density at radius 3 is 2.00 bits per heavy atom. The van der Waals surface area contributed by atoms with E-state index in [4.69, 9.17) is 4.99 Å². The second-order valence-electron chi connectivity index (χ2n) is 6.66. The molecule has 0 aromatic heterocycles. The van der Waals surface area contributed by atoms with E-state index in [1.165, 1.54) is 34.4 Å². The van der Waals surface area contributed by atoms with Crippen molar-refractivity contribution in [1.82, 2.24) is 4.90 Å². The Hall–Kier alpha value is -1.93. The van der Waals surface area contributed by atoms with E-state index in [1.54, 1.807) is 0 Å². The molecule has 0 bridgehead atoms. The molecule has 2 aliphatic rings. The average Bonchev–Trinajstić information content (AvgIpc) is 3.32. The van der Waals surface area contributed by atoms with Gasteiger partial charge < -0.3 is 4.90 Å². The smallest absolute Gasteiger partial charge is 0.0725 e. The van der Waals surface area contributed by atoms with Crippen LogP contribution >= 0.6 is 0 Å². The zero-order valence-electron chi connectivity index (χ0n) is 13.3. The Balaban J connectivity index is 1.84. The zero-order valence-corrected chi connectivity index (χ0v) is 13.3. The summed E-state index contributed by atoms with van der Waals surface area (Å²) in [6, 6.07) is 17.7. The van der Waals surface area contributed by atoms with Crippen molar-refractivity contribution in [3.8, 4) is 0 Å². The molecule has 0 spiro atoms. The van der Waals surface area contributed by atoms with Crippen LogP contribution in [0.1, 0.15) is 40.5 Å². The normalized spacial score (nSPS) is 21.7. The minimum atomic E-state index is 0.693. The maximum atomic E-state index is 5.00. The van der Waals surface area contributed by atoms with Crippen LogP contribution in [0.5, 0.6) is 0 Å². The van der Waals surface area contributed by atoms with Gasteiger partial charge in [0.2, 0.25) is 0 Å². The molecule has 112 valence electrons. The van der Waals surface area contributed by atoms with Gasteiger partial charge in [-0.15, -0.1) is 0 Å². The minimum Gasteiger partial charge on any atom is -0.308 e. The van der Waals surface area contributed by atoms with Gasteiger partial charge in [-0.25, -0.2) is 0 Å². The molecule has 0 amide bonds. The number of hydrogen-bond donors (Lipinski definition) is 0. The molecule has 22 heavy (non-hydrogen) atoms. The number of benzene rings is 2. The summed E-state index contributed by atoms with van der Waals surface area (Å²) in [6.45, 7) is 1.83. The fourth-order valence-electron chi connectivity index (χ4n) is 3.63. The molecule has 2 aromatic carbocycles. The lowest BCUT2D eigenvalue weighted by Gasteiger charge is -2.13. The SMILES string of the molecule is CN(C)CCN=C1c2ccccc2C2CC2c2ccccc21. The van der Waals surface area contributed by atoms with Crippen LogP contribution in [0, 0.1) is 0 Å². The monoisotopic (exact) mass is 290 g/mol. The summed E-state index contributed by atoms with van der Waals surface area (Å²) >= 11 is 0. The molecule has 1 saturated carbocycles. The first-order valence-electron chi connectivity index (χ1n) is 8.13.